The molecule has 0 fully saturated rings. The van der Waals surface area contributed by atoms with Crippen LogP contribution in [0.15, 0.2) is 119 Å². The van der Waals surface area contributed by atoms with Crippen LogP contribution in [0.2, 0.25) is 0 Å². The van der Waals surface area contributed by atoms with Crippen molar-refractivity contribution in [3.8, 4) is 17.0 Å². The van der Waals surface area contributed by atoms with Gasteiger partial charge in [0.05, 0.1) is 18.6 Å². The second kappa shape index (κ2) is 15.7. The molecule has 0 aliphatic heterocycles. The highest BCUT2D eigenvalue weighted by Crippen LogP contribution is 2.28. The minimum atomic E-state index is -0.470. The third-order valence-corrected chi connectivity index (χ3v) is 8.62. The normalized spacial score (nSPS) is 11.0. The van der Waals surface area contributed by atoms with Crippen LogP contribution in [0.25, 0.3) is 17.3 Å². The van der Waals surface area contributed by atoms with Crippen LogP contribution in [-0.4, -0.2) is 49.7 Å². The van der Waals surface area contributed by atoms with Gasteiger partial charge in [0.1, 0.15) is 11.4 Å². The fourth-order valence-electron chi connectivity index (χ4n) is 4.36. The molecule has 0 aliphatic rings. The van der Waals surface area contributed by atoms with Gasteiger partial charge in [-0.15, -0.1) is 23.1 Å². The van der Waals surface area contributed by atoms with E-state index in [0.29, 0.717) is 16.4 Å². The maximum Gasteiger partial charge on any atom is 0.272 e. The van der Waals surface area contributed by atoms with E-state index in [1.54, 1.807) is 49.6 Å². The number of rotatable bonds is 12. The van der Waals surface area contributed by atoms with Crippen molar-refractivity contribution >= 4 is 63.4 Å². The summed E-state index contributed by atoms with van der Waals surface area (Å²) in [5.74, 6) is -0.119. The average molecular weight is 664 g/mol. The standard InChI is InChI=1S/C36H33N5O4S2/c1-41(2)28-16-12-24(13-17-28)20-31(38-34(43)25-8-5-4-6-9-25)35(44)37-27-14-18-30(19-15-27)46-23-33(42)40-36-39-32(22-47-36)26-10-7-11-29(21-26)45-3/h4-22H,23H2,1-3H3,(H,37,44)(H,38,43)(H,39,40,42)/b31-20-. The van der Waals surface area contributed by atoms with E-state index in [9.17, 15) is 14.4 Å². The molecular weight excluding hydrogens is 631 g/mol. The van der Waals surface area contributed by atoms with Gasteiger partial charge in [-0.2, -0.15) is 0 Å². The molecule has 1 aromatic heterocycles. The highest BCUT2D eigenvalue weighted by atomic mass is 32.2. The fourth-order valence-corrected chi connectivity index (χ4v) is 5.80. The van der Waals surface area contributed by atoms with E-state index >= 15 is 0 Å². The van der Waals surface area contributed by atoms with Gasteiger partial charge in [0.2, 0.25) is 5.91 Å². The van der Waals surface area contributed by atoms with E-state index in [-0.39, 0.29) is 17.4 Å². The first-order valence-electron chi connectivity index (χ1n) is 14.6. The number of thioether (sulfide) groups is 1. The van der Waals surface area contributed by atoms with Gasteiger partial charge in [-0.05, 0) is 72.3 Å². The van der Waals surface area contributed by atoms with E-state index < -0.39 is 11.8 Å². The van der Waals surface area contributed by atoms with Crippen molar-refractivity contribution in [1.29, 1.82) is 0 Å². The average Bonchev–Trinajstić information content (AvgIpc) is 3.56. The molecule has 0 radical (unpaired) electrons. The summed E-state index contributed by atoms with van der Waals surface area (Å²) in [6.07, 6.45) is 1.64. The predicted molar refractivity (Wildman–Crippen MR) is 191 cm³/mol. The van der Waals surface area contributed by atoms with Gasteiger partial charge in [0, 0.05) is 46.9 Å². The first-order valence-corrected chi connectivity index (χ1v) is 16.4. The number of carbonyl (C=O) groups is 3. The number of hydrogen-bond acceptors (Lipinski definition) is 8. The van der Waals surface area contributed by atoms with Crippen LogP contribution in [0.3, 0.4) is 0 Å². The number of thiazole rings is 1. The van der Waals surface area contributed by atoms with E-state index in [1.807, 2.05) is 91.1 Å². The quantitative estimate of drug-likeness (QED) is 0.0971. The lowest BCUT2D eigenvalue weighted by Crippen LogP contribution is -2.30. The number of nitrogens with one attached hydrogen (secondary N) is 3. The number of benzene rings is 4. The number of ether oxygens (including phenoxy) is 1. The summed E-state index contributed by atoms with van der Waals surface area (Å²) in [6.45, 7) is 0. The zero-order valence-electron chi connectivity index (χ0n) is 26.0. The van der Waals surface area contributed by atoms with Crippen molar-refractivity contribution in [2.75, 3.05) is 42.5 Å². The van der Waals surface area contributed by atoms with Crippen LogP contribution in [0.5, 0.6) is 5.75 Å². The molecular formula is C36H33N5O4S2. The Labute approximate surface area is 281 Å². The number of anilines is 3. The van der Waals surface area contributed by atoms with Gasteiger partial charge in [0.25, 0.3) is 11.8 Å². The summed E-state index contributed by atoms with van der Waals surface area (Å²) in [6, 6.07) is 31.1. The number of hydrogen-bond donors (Lipinski definition) is 3. The number of aromatic nitrogens is 1. The zero-order chi connectivity index (χ0) is 33.2. The summed E-state index contributed by atoms with van der Waals surface area (Å²) in [5, 5.41) is 10.9. The first kappa shape index (κ1) is 33.0. The predicted octanol–water partition coefficient (Wildman–Crippen LogP) is 7.03. The van der Waals surface area contributed by atoms with Crippen molar-refractivity contribution in [2.24, 2.45) is 0 Å². The second-order valence-corrected chi connectivity index (χ2v) is 12.4. The number of amides is 3. The van der Waals surface area contributed by atoms with Gasteiger partial charge in [-0.1, -0.05) is 42.5 Å². The molecule has 0 unspecified atom stereocenters. The maximum atomic E-state index is 13.4. The molecule has 4 aromatic carbocycles. The molecule has 5 aromatic rings. The molecule has 0 saturated heterocycles. The zero-order valence-corrected chi connectivity index (χ0v) is 27.7. The van der Waals surface area contributed by atoms with E-state index in [2.05, 4.69) is 20.9 Å². The first-order chi connectivity index (χ1) is 22.8. The fraction of sp³-hybridized carbons (Fsp3) is 0.111. The Bertz CT molecular complexity index is 1870. The summed E-state index contributed by atoms with van der Waals surface area (Å²) in [7, 11) is 5.51. The third kappa shape index (κ3) is 9.32. The molecule has 3 amide bonds. The Balaban J connectivity index is 1.19. The SMILES string of the molecule is COc1cccc(-c2csc(NC(=O)CSc3ccc(NC(=O)/C(=C/c4ccc(N(C)C)cc4)NC(=O)c4ccccc4)cc3)n2)c1. The van der Waals surface area contributed by atoms with Gasteiger partial charge in [-0.25, -0.2) is 4.98 Å². The molecule has 5 rings (SSSR count). The number of methoxy groups -OCH3 is 1. The summed E-state index contributed by atoms with van der Waals surface area (Å²) >= 11 is 2.72. The molecule has 0 saturated carbocycles. The van der Waals surface area contributed by atoms with Crippen LogP contribution in [0, 0.1) is 0 Å². The van der Waals surface area contributed by atoms with Crippen LogP contribution >= 0.6 is 23.1 Å². The molecule has 3 N–H and O–H groups in total. The van der Waals surface area contributed by atoms with Crippen LogP contribution in [0.4, 0.5) is 16.5 Å². The molecule has 11 heteroatoms. The smallest absolute Gasteiger partial charge is 0.272 e. The summed E-state index contributed by atoms with van der Waals surface area (Å²) in [4.78, 5) is 46.3. The largest absolute Gasteiger partial charge is 0.497 e. The van der Waals surface area contributed by atoms with Gasteiger partial charge in [0.15, 0.2) is 5.13 Å². The van der Waals surface area contributed by atoms with E-state index in [1.165, 1.54) is 23.1 Å². The molecule has 0 atom stereocenters. The Morgan fingerprint density at radius 1 is 0.894 bits per heavy atom. The van der Waals surface area contributed by atoms with Crippen molar-refractivity contribution in [2.45, 2.75) is 4.90 Å². The molecule has 47 heavy (non-hydrogen) atoms. The monoisotopic (exact) mass is 663 g/mol. The number of nitrogens with zero attached hydrogens (tertiary/aromatic N) is 2. The van der Waals surface area contributed by atoms with Crippen LogP contribution in [0.1, 0.15) is 15.9 Å². The summed E-state index contributed by atoms with van der Waals surface area (Å²) in [5.41, 5.74) is 4.51. The Hall–Kier alpha value is -5.39. The lowest BCUT2D eigenvalue weighted by Gasteiger charge is -2.13. The molecule has 0 bridgehead atoms. The second-order valence-electron chi connectivity index (χ2n) is 10.4. The van der Waals surface area contributed by atoms with Crippen LogP contribution < -0.4 is 25.6 Å². The molecule has 9 nitrogen and oxygen atoms in total. The Kier molecular flexibility index (Phi) is 11.1. The van der Waals surface area contributed by atoms with Crippen molar-refractivity contribution in [3.05, 3.63) is 125 Å². The minimum absolute atomic E-state index is 0.100. The lowest BCUT2D eigenvalue weighted by atomic mass is 10.1. The van der Waals surface area contributed by atoms with Crippen LogP contribution in [-0.2, 0) is 9.59 Å². The molecule has 238 valence electrons. The third-order valence-electron chi connectivity index (χ3n) is 6.85. The minimum Gasteiger partial charge on any atom is -0.497 e. The lowest BCUT2D eigenvalue weighted by molar-refractivity contribution is -0.114. The van der Waals surface area contributed by atoms with Crippen molar-refractivity contribution < 1.29 is 19.1 Å². The highest BCUT2D eigenvalue weighted by molar-refractivity contribution is 8.00. The Morgan fingerprint density at radius 2 is 1.64 bits per heavy atom. The molecule has 0 spiro atoms. The maximum absolute atomic E-state index is 13.4. The van der Waals surface area contributed by atoms with E-state index in [0.717, 1.165) is 33.2 Å². The van der Waals surface area contributed by atoms with E-state index in [4.69, 9.17) is 4.74 Å². The van der Waals surface area contributed by atoms with Gasteiger partial charge in [-0.3, -0.25) is 14.4 Å². The highest BCUT2D eigenvalue weighted by Gasteiger charge is 2.16. The topological polar surface area (TPSA) is 113 Å². The summed E-state index contributed by atoms with van der Waals surface area (Å²) < 4.78 is 5.28. The number of carbonyl (C=O) groups excluding carboxylic acids is 3. The van der Waals surface area contributed by atoms with Gasteiger partial charge >= 0.3 is 0 Å². The van der Waals surface area contributed by atoms with Crippen molar-refractivity contribution in [1.82, 2.24) is 10.3 Å². The van der Waals surface area contributed by atoms with Crippen molar-refractivity contribution in [3.63, 3.8) is 0 Å². The molecule has 0 aliphatic carbocycles. The Morgan fingerprint density at radius 3 is 2.34 bits per heavy atom. The van der Waals surface area contributed by atoms with Gasteiger partial charge < -0.3 is 25.6 Å². The molecule has 1 heterocycles.